The molecule has 0 aromatic heterocycles. The second kappa shape index (κ2) is 6.53. The fourth-order valence-corrected chi connectivity index (χ4v) is 0.145. The van der Waals surface area contributed by atoms with Gasteiger partial charge >= 0.3 is 0 Å². The molecular formula is C5H14N6. The van der Waals surface area contributed by atoms with Gasteiger partial charge in [0.15, 0.2) is 11.9 Å². The number of hydrogen-bond acceptors (Lipinski definition) is 3. The number of nitrogens with one attached hydrogen (secondary N) is 4. The molecule has 0 aliphatic carbocycles. The molecule has 0 radical (unpaired) electrons. The van der Waals surface area contributed by atoms with Crippen LogP contribution < -0.4 is 16.8 Å². The third kappa shape index (κ3) is 59.5. The summed E-state index contributed by atoms with van der Waals surface area (Å²) < 4.78 is 0. The summed E-state index contributed by atoms with van der Waals surface area (Å²) in [5.74, 6) is -0.625. The summed E-state index contributed by atoms with van der Waals surface area (Å²) in [5, 5.41) is 21.5. The highest BCUT2D eigenvalue weighted by molar-refractivity contribution is 5.93. The third-order valence-corrected chi connectivity index (χ3v) is 0.269. The predicted octanol–water partition coefficient (Wildman–Crippen LogP) is -0.591. The molecule has 6 heteroatoms. The van der Waals surface area contributed by atoms with Crippen molar-refractivity contribution in [3.05, 3.63) is 0 Å². The Kier molecular flexibility index (Phi) is 7.19. The summed E-state index contributed by atoms with van der Waals surface area (Å²) in [6.07, 6.45) is 0. The molecule has 0 atom stereocenters. The van der Waals surface area contributed by atoms with Gasteiger partial charge in [0.05, 0.1) is 0 Å². The lowest BCUT2D eigenvalue weighted by molar-refractivity contribution is 1.19. The Morgan fingerprint density at radius 1 is 1.00 bits per heavy atom. The zero-order valence-corrected chi connectivity index (χ0v) is 6.65. The van der Waals surface area contributed by atoms with Crippen LogP contribution in [0.5, 0.6) is 0 Å². The molecule has 0 aromatic rings. The van der Waals surface area contributed by atoms with Crippen molar-refractivity contribution in [2.45, 2.75) is 13.8 Å². The lowest BCUT2D eigenvalue weighted by Gasteiger charge is -1.95. The van der Waals surface area contributed by atoms with Crippen molar-refractivity contribution >= 4 is 17.6 Å². The Morgan fingerprint density at radius 2 is 1.18 bits per heavy atom. The number of rotatable bonds is 0. The molecule has 0 fully saturated rings. The largest absolute Gasteiger partial charge is 0.370 e. The summed E-state index contributed by atoms with van der Waals surface area (Å²) in [6, 6.07) is 0. The van der Waals surface area contributed by atoms with Crippen molar-refractivity contribution < 1.29 is 0 Å². The Morgan fingerprint density at radius 3 is 1.18 bits per heavy atom. The van der Waals surface area contributed by atoms with Crippen LogP contribution in [0.2, 0.25) is 0 Å². The maximum absolute atomic E-state index is 6.50. The highest BCUT2D eigenvalue weighted by Crippen LogP contribution is 1.52. The third-order valence-electron chi connectivity index (χ3n) is 0.269. The van der Waals surface area contributed by atoms with Crippen LogP contribution in [0.25, 0.3) is 0 Å². The van der Waals surface area contributed by atoms with Crippen LogP contribution in [0, 0.1) is 16.2 Å². The Labute approximate surface area is 65.5 Å². The first kappa shape index (κ1) is 12.1. The lowest BCUT2D eigenvalue weighted by atomic mass is 10.5. The van der Waals surface area contributed by atoms with E-state index in [4.69, 9.17) is 27.7 Å². The monoisotopic (exact) mass is 158 g/mol. The first-order valence-corrected chi connectivity index (χ1v) is 2.83. The van der Waals surface area contributed by atoms with E-state index in [1.54, 1.807) is 13.8 Å². The van der Waals surface area contributed by atoms with Gasteiger partial charge in [-0.05, 0) is 13.8 Å². The van der Waals surface area contributed by atoms with Crippen LogP contribution in [0.4, 0.5) is 0 Å². The molecule has 0 aromatic carbocycles. The average Bonchev–Trinajstić information content (AvgIpc) is 1.56. The van der Waals surface area contributed by atoms with Crippen molar-refractivity contribution in [3.63, 3.8) is 0 Å². The molecule has 0 saturated carbocycles. The van der Waals surface area contributed by atoms with Gasteiger partial charge in [-0.1, -0.05) is 0 Å². The Hall–Kier alpha value is -1.59. The number of nitrogens with two attached hydrogens (primary N) is 2. The average molecular weight is 158 g/mol. The van der Waals surface area contributed by atoms with Gasteiger partial charge in [-0.25, -0.2) is 0 Å². The molecule has 0 amide bonds. The second-order valence-electron chi connectivity index (χ2n) is 1.95. The van der Waals surface area contributed by atoms with Crippen LogP contribution in [0.1, 0.15) is 13.8 Å². The van der Waals surface area contributed by atoms with E-state index in [1.165, 1.54) is 0 Å². The van der Waals surface area contributed by atoms with E-state index in [2.05, 4.69) is 0 Å². The van der Waals surface area contributed by atoms with Crippen molar-refractivity contribution in [2.75, 3.05) is 0 Å². The Bertz CT molecular complexity index is 144. The van der Waals surface area contributed by atoms with E-state index in [0.717, 1.165) is 0 Å². The van der Waals surface area contributed by atoms with Gasteiger partial charge in [0.2, 0.25) is 0 Å². The Balaban J connectivity index is 0. The summed E-state index contributed by atoms with van der Waals surface area (Å²) in [4.78, 5) is 0. The van der Waals surface area contributed by atoms with Crippen LogP contribution in [0.3, 0.4) is 0 Å². The molecule has 0 aliphatic rings. The maximum atomic E-state index is 6.50. The molecule has 0 bridgehead atoms. The molecule has 8 N–H and O–H groups in total. The van der Waals surface area contributed by atoms with Gasteiger partial charge in [-0.15, -0.1) is 0 Å². The molecule has 0 spiro atoms. The molecule has 0 rings (SSSR count). The minimum absolute atomic E-state index is 0.312. The van der Waals surface area contributed by atoms with Crippen molar-refractivity contribution in [1.29, 1.82) is 16.2 Å². The predicted molar refractivity (Wildman–Crippen MR) is 46.0 cm³/mol. The molecular weight excluding hydrogens is 144 g/mol. The summed E-state index contributed by atoms with van der Waals surface area (Å²) in [7, 11) is 0. The van der Waals surface area contributed by atoms with Gasteiger partial charge in [0, 0.05) is 5.71 Å². The van der Waals surface area contributed by atoms with Gasteiger partial charge in [-0.3, -0.25) is 16.1 Å². The van der Waals surface area contributed by atoms with Crippen molar-refractivity contribution in [1.82, 2.24) is 5.32 Å². The van der Waals surface area contributed by atoms with Gasteiger partial charge < -0.3 is 16.9 Å². The summed E-state index contributed by atoms with van der Waals surface area (Å²) in [5.41, 5.74) is 10.2. The van der Waals surface area contributed by atoms with Crippen LogP contribution in [-0.2, 0) is 0 Å². The van der Waals surface area contributed by atoms with E-state index in [-0.39, 0.29) is 11.9 Å². The normalized spacial score (nSPS) is 7.09. The van der Waals surface area contributed by atoms with Gasteiger partial charge in [0.1, 0.15) is 0 Å². The SMILES string of the molecule is CC(C)=N.N=C(N)NC(=N)N. The van der Waals surface area contributed by atoms with E-state index in [9.17, 15) is 0 Å². The lowest BCUT2D eigenvalue weighted by Crippen LogP contribution is -2.39. The first-order chi connectivity index (χ1) is 4.86. The molecule has 0 saturated heterocycles. The minimum atomic E-state index is -0.312. The fourth-order valence-electron chi connectivity index (χ4n) is 0.145. The van der Waals surface area contributed by atoms with Gasteiger partial charge in [-0.2, -0.15) is 0 Å². The van der Waals surface area contributed by atoms with E-state index in [1.807, 2.05) is 5.32 Å². The topological polar surface area (TPSA) is 136 Å². The van der Waals surface area contributed by atoms with Crippen LogP contribution in [-0.4, -0.2) is 17.6 Å². The van der Waals surface area contributed by atoms with E-state index in [0.29, 0.717) is 5.71 Å². The fraction of sp³-hybridized carbons (Fsp3) is 0.400. The van der Waals surface area contributed by atoms with E-state index < -0.39 is 0 Å². The smallest absolute Gasteiger partial charge is 0.192 e. The molecule has 11 heavy (non-hydrogen) atoms. The molecule has 64 valence electrons. The summed E-state index contributed by atoms with van der Waals surface area (Å²) >= 11 is 0. The second-order valence-corrected chi connectivity index (χ2v) is 1.95. The highest BCUT2D eigenvalue weighted by atomic mass is 15.1. The first-order valence-electron chi connectivity index (χ1n) is 2.83. The standard InChI is InChI=1S/C3H7N.C2H7N5/c1-3(2)4;3-1(4)7-2(5)6/h4H,1-2H3;(H7,3,4,5,6,7). The zero-order valence-electron chi connectivity index (χ0n) is 6.65. The zero-order chi connectivity index (χ0) is 9.44. The molecule has 0 aliphatic heterocycles. The van der Waals surface area contributed by atoms with Gasteiger partial charge in [0.25, 0.3) is 0 Å². The molecule has 0 unspecified atom stereocenters. The molecule has 6 nitrogen and oxygen atoms in total. The quantitative estimate of drug-likeness (QED) is 0.207. The maximum Gasteiger partial charge on any atom is 0.192 e. The van der Waals surface area contributed by atoms with Crippen molar-refractivity contribution in [3.8, 4) is 0 Å². The van der Waals surface area contributed by atoms with Crippen LogP contribution >= 0.6 is 0 Å². The van der Waals surface area contributed by atoms with E-state index >= 15 is 0 Å². The highest BCUT2D eigenvalue weighted by Gasteiger charge is 1.83. The van der Waals surface area contributed by atoms with Crippen molar-refractivity contribution in [2.24, 2.45) is 11.5 Å². The molecule has 0 heterocycles. The summed E-state index contributed by atoms with van der Waals surface area (Å²) in [6.45, 7) is 3.50. The van der Waals surface area contributed by atoms with Crippen LogP contribution in [0.15, 0.2) is 0 Å². The number of hydrogen-bond donors (Lipinski definition) is 6. The number of guanidine groups is 2. The minimum Gasteiger partial charge on any atom is -0.370 e.